The van der Waals surface area contributed by atoms with Crippen molar-refractivity contribution in [2.24, 2.45) is 10.9 Å². The number of carboxylic acids is 1. The zero-order valence-electron chi connectivity index (χ0n) is 18.1. The molecule has 0 aromatic heterocycles. The summed E-state index contributed by atoms with van der Waals surface area (Å²) in [6.45, 7) is 6.91. The van der Waals surface area contributed by atoms with Gasteiger partial charge in [-0.15, -0.1) is 0 Å². The molecule has 0 aliphatic rings. The zero-order chi connectivity index (χ0) is 22.7. The summed E-state index contributed by atoms with van der Waals surface area (Å²) in [6.07, 6.45) is 9.42. The monoisotopic (exact) mass is 449 g/mol. The number of carbonyl (C=O) groups is 1. The zero-order valence-corrected chi connectivity index (χ0v) is 19.0. The predicted molar refractivity (Wildman–Crippen MR) is 116 cm³/mol. The molecular formula is C20H36NO8P. The minimum Gasteiger partial charge on any atom is -0.481 e. The number of carboxylic acid groups (broad SMARTS) is 1. The number of aliphatic carboxylic acids is 1. The topological polar surface area (TPSA) is 124 Å². The van der Waals surface area contributed by atoms with Gasteiger partial charge in [-0.2, -0.15) is 0 Å². The van der Waals surface area contributed by atoms with Crippen molar-refractivity contribution in [3.8, 4) is 0 Å². The molecule has 0 saturated carbocycles. The summed E-state index contributed by atoms with van der Waals surface area (Å²) < 4.78 is 33.1. The summed E-state index contributed by atoms with van der Waals surface area (Å²) >= 11 is 0. The van der Waals surface area contributed by atoms with E-state index in [0.717, 1.165) is 0 Å². The first kappa shape index (κ1) is 28.6. The number of unbranched alkanes of at least 4 members (excludes halogenated alkanes) is 1. The Bertz CT molecular complexity index is 577. The highest BCUT2D eigenvalue weighted by atomic mass is 31.2. The van der Waals surface area contributed by atoms with Crippen molar-refractivity contribution < 1.29 is 37.9 Å². The third kappa shape index (κ3) is 19.9. The smallest absolute Gasteiger partial charge is 0.472 e. The van der Waals surface area contributed by atoms with E-state index in [9.17, 15) is 14.3 Å². The van der Waals surface area contributed by atoms with Gasteiger partial charge < -0.3 is 19.5 Å². The van der Waals surface area contributed by atoms with Crippen molar-refractivity contribution >= 4 is 20.0 Å². The van der Waals surface area contributed by atoms with E-state index in [1.165, 1.54) is 0 Å². The fraction of sp³-hybridized carbons (Fsp3) is 0.700. The second-order valence-corrected chi connectivity index (χ2v) is 8.29. The number of hydrogen-bond donors (Lipinski definition) is 2. The van der Waals surface area contributed by atoms with Crippen molar-refractivity contribution in [3.63, 3.8) is 0 Å². The number of ether oxygens (including phenoxy) is 2. The summed E-state index contributed by atoms with van der Waals surface area (Å²) in [7, 11) is -4.24. The van der Waals surface area contributed by atoms with Crippen LogP contribution in [0.2, 0.25) is 0 Å². The molecule has 0 aromatic carbocycles. The molecule has 0 bridgehead atoms. The highest BCUT2D eigenvalue weighted by Gasteiger charge is 2.23. The fourth-order valence-electron chi connectivity index (χ4n) is 1.99. The fourth-order valence-corrected chi connectivity index (χ4v) is 2.73. The van der Waals surface area contributed by atoms with E-state index in [0.29, 0.717) is 32.0 Å². The van der Waals surface area contributed by atoms with Crippen molar-refractivity contribution in [1.29, 1.82) is 0 Å². The molecule has 0 aliphatic heterocycles. The van der Waals surface area contributed by atoms with Crippen molar-refractivity contribution in [2.45, 2.75) is 46.1 Å². The minimum atomic E-state index is -4.24. The van der Waals surface area contributed by atoms with Gasteiger partial charge in [0.2, 0.25) is 0 Å². The average Bonchev–Trinajstić information content (AvgIpc) is 2.67. The highest BCUT2D eigenvalue weighted by molar-refractivity contribution is 7.47. The van der Waals surface area contributed by atoms with Crippen molar-refractivity contribution in [1.82, 2.24) is 0 Å². The van der Waals surface area contributed by atoms with Gasteiger partial charge in [0.1, 0.15) is 6.10 Å². The number of rotatable bonds is 19. The summed E-state index contributed by atoms with van der Waals surface area (Å²) in [5.41, 5.74) is 0. The quantitative estimate of drug-likeness (QED) is 0.133. The maximum absolute atomic E-state index is 12.0. The second-order valence-electron chi connectivity index (χ2n) is 6.84. The number of phosphoric ester groups is 1. The first-order valence-corrected chi connectivity index (χ1v) is 11.6. The minimum absolute atomic E-state index is 0.0632. The number of nitrogens with zero attached hydrogens (tertiary/aromatic N) is 1. The molecule has 0 spiro atoms. The van der Waals surface area contributed by atoms with Gasteiger partial charge in [-0.1, -0.05) is 32.1 Å². The molecule has 0 saturated heterocycles. The summed E-state index contributed by atoms with van der Waals surface area (Å²) in [5.74, 6) is -0.519. The van der Waals surface area contributed by atoms with E-state index in [1.807, 2.05) is 39.0 Å². The standard InChI is InChI=1S/C20H36NO8P/c1-4-5-6-8-11-21-12-14-28-30(24,25)29-17-19(16-26-15-18(2)3)27-13-9-7-10-20(22)23/h4-6,8,11,18-19H,7,9-10,12-17H2,1-3H3,(H,22,23)(H,24,25)/b5-4-,8-6-,21-11+. The van der Waals surface area contributed by atoms with E-state index in [-0.39, 0.29) is 32.8 Å². The second kappa shape index (κ2) is 18.4. The summed E-state index contributed by atoms with van der Waals surface area (Å²) in [4.78, 5) is 24.4. The molecule has 174 valence electrons. The Labute approximate surface area is 179 Å². The highest BCUT2D eigenvalue weighted by Crippen LogP contribution is 2.43. The molecule has 0 aliphatic carbocycles. The van der Waals surface area contributed by atoms with Gasteiger partial charge in [-0.25, -0.2) is 4.57 Å². The number of allylic oxidation sites excluding steroid dienone is 4. The van der Waals surface area contributed by atoms with Crippen molar-refractivity contribution in [3.05, 3.63) is 24.3 Å². The predicted octanol–water partition coefficient (Wildman–Crippen LogP) is 3.64. The Morgan fingerprint density at radius 1 is 1.07 bits per heavy atom. The molecule has 9 nitrogen and oxygen atoms in total. The van der Waals surface area contributed by atoms with Crippen LogP contribution in [-0.4, -0.2) is 67.9 Å². The average molecular weight is 449 g/mol. The lowest BCUT2D eigenvalue weighted by Gasteiger charge is -2.20. The van der Waals surface area contributed by atoms with Gasteiger partial charge in [0.15, 0.2) is 0 Å². The third-order valence-electron chi connectivity index (χ3n) is 3.40. The van der Waals surface area contributed by atoms with Crippen molar-refractivity contribution in [2.75, 3.05) is 39.6 Å². The van der Waals surface area contributed by atoms with Gasteiger partial charge in [0, 0.05) is 25.8 Å². The van der Waals surface area contributed by atoms with Crippen LogP contribution >= 0.6 is 7.82 Å². The van der Waals surface area contributed by atoms with E-state index in [4.69, 9.17) is 23.6 Å². The first-order chi connectivity index (χ1) is 14.3. The van der Waals surface area contributed by atoms with E-state index < -0.39 is 19.9 Å². The summed E-state index contributed by atoms with van der Waals surface area (Å²) in [5, 5.41) is 8.65. The van der Waals surface area contributed by atoms with Crippen LogP contribution in [0, 0.1) is 5.92 Å². The Morgan fingerprint density at radius 3 is 2.50 bits per heavy atom. The molecule has 0 radical (unpaired) electrons. The van der Waals surface area contributed by atoms with Gasteiger partial charge in [-0.3, -0.25) is 18.8 Å². The number of phosphoric acid groups is 1. The van der Waals surface area contributed by atoms with E-state index >= 15 is 0 Å². The van der Waals surface area contributed by atoms with Gasteiger partial charge >= 0.3 is 13.8 Å². The molecule has 30 heavy (non-hydrogen) atoms. The van der Waals surface area contributed by atoms with Gasteiger partial charge in [0.25, 0.3) is 0 Å². The molecular weight excluding hydrogens is 413 g/mol. The Hall–Kier alpha value is -1.35. The van der Waals surface area contributed by atoms with Gasteiger partial charge in [-0.05, 0) is 31.8 Å². The maximum Gasteiger partial charge on any atom is 0.472 e. The van der Waals surface area contributed by atoms with Crippen LogP contribution in [0.1, 0.15) is 40.0 Å². The molecule has 0 rings (SSSR count). The molecule has 0 amide bonds. The molecule has 2 atom stereocenters. The van der Waals surface area contributed by atoms with Crippen LogP contribution in [0.25, 0.3) is 0 Å². The van der Waals surface area contributed by atoms with Crippen LogP contribution in [0.3, 0.4) is 0 Å². The van der Waals surface area contributed by atoms with Crippen LogP contribution in [0.5, 0.6) is 0 Å². The maximum atomic E-state index is 12.0. The van der Waals surface area contributed by atoms with Gasteiger partial charge in [0.05, 0.1) is 26.4 Å². The Kier molecular flexibility index (Phi) is 17.6. The SMILES string of the molecule is C\C=C/C=C\C=N\CCOP(=O)(O)OCC(COCC(C)C)OCCCCC(=O)O. The lowest BCUT2D eigenvalue weighted by Crippen LogP contribution is -2.27. The third-order valence-corrected chi connectivity index (χ3v) is 4.38. The molecule has 0 heterocycles. The molecule has 0 aromatic rings. The van der Waals surface area contributed by atoms with Crippen LogP contribution < -0.4 is 0 Å². The largest absolute Gasteiger partial charge is 0.481 e. The first-order valence-electron chi connectivity index (χ1n) is 10.1. The lowest BCUT2D eigenvalue weighted by molar-refractivity contribution is -0.137. The molecule has 0 fully saturated rings. The summed E-state index contributed by atoms with van der Waals surface area (Å²) in [6, 6.07) is 0. The van der Waals surface area contributed by atoms with E-state index in [2.05, 4.69) is 4.99 Å². The Morgan fingerprint density at radius 2 is 1.83 bits per heavy atom. The van der Waals surface area contributed by atoms with Crippen LogP contribution in [-0.2, 0) is 27.9 Å². The van der Waals surface area contributed by atoms with Crippen LogP contribution in [0.15, 0.2) is 29.3 Å². The lowest BCUT2D eigenvalue weighted by atomic mass is 10.2. The Balaban J connectivity index is 4.30. The molecule has 2 unspecified atom stereocenters. The van der Waals surface area contributed by atoms with E-state index in [1.54, 1.807) is 12.3 Å². The molecule has 10 heteroatoms. The number of aliphatic imine (C=N–C) groups is 1. The normalized spacial score (nSPS) is 15.5. The number of hydrogen-bond acceptors (Lipinski definition) is 7. The van der Waals surface area contributed by atoms with Crippen LogP contribution in [0.4, 0.5) is 0 Å². The molecule has 2 N–H and O–H groups in total.